The fourth-order valence-electron chi connectivity index (χ4n) is 12.8. The van der Waals surface area contributed by atoms with Crippen LogP contribution in [0.25, 0.3) is 0 Å². The van der Waals surface area contributed by atoms with Gasteiger partial charge in [-0.3, -0.25) is 19.2 Å². The molecule has 0 bridgehead atoms. The van der Waals surface area contributed by atoms with Crippen LogP contribution in [0.2, 0.25) is 5.02 Å². The van der Waals surface area contributed by atoms with Gasteiger partial charge in [-0.1, -0.05) is 11.6 Å². The summed E-state index contributed by atoms with van der Waals surface area (Å²) in [4.78, 5) is 46.1. The van der Waals surface area contributed by atoms with Crippen molar-refractivity contribution in [1.29, 1.82) is 0 Å². The molecule has 4 saturated carbocycles. The van der Waals surface area contributed by atoms with Gasteiger partial charge in [0, 0.05) is 81.4 Å². The zero-order valence-corrected chi connectivity index (χ0v) is 66.5. The van der Waals surface area contributed by atoms with Crippen LogP contribution < -0.4 is 40.2 Å². The molecule has 4 aliphatic rings. The van der Waals surface area contributed by atoms with Gasteiger partial charge in [0.1, 0.15) is 48.7 Å². The van der Waals surface area contributed by atoms with Crippen LogP contribution in [-0.2, 0) is 40.1 Å². The van der Waals surface area contributed by atoms with E-state index in [-0.39, 0.29) is 83.6 Å². The largest absolute Gasteiger partial charge is 0.390 e. The molecule has 122 heavy (non-hydrogen) atoms. The molecule has 12 atom stereocenters. The van der Waals surface area contributed by atoms with Crippen molar-refractivity contribution in [3.63, 3.8) is 0 Å². The number of carbonyl (C=O) groups is 4. The van der Waals surface area contributed by atoms with E-state index in [9.17, 15) is 151 Å². The first-order valence-corrected chi connectivity index (χ1v) is 42.6. The quantitative estimate of drug-likeness (QED) is 0.0251. The third-order valence-electron chi connectivity index (χ3n) is 19.3. The molecular weight excluding hydrogens is 1760 g/mol. The van der Waals surface area contributed by atoms with E-state index in [1.807, 2.05) is 0 Å². The van der Waals surface area contributed by atoms with Crippen LogP contribution >= 0.6 is 11.6 Å². The highest BCUT2D eigenvalue weighted by atomic mass is 35.5. The van der Waals surface area contributed by atoms with Gasteiger partial charge < -0.3 is 62.1 Å². The first-order chi connectivity index (χ1) is 57.1. The Morgan fingerprint density at radius 3 is 0.869 bits per heavy atom. The van der Waals surface area contributed by atoms with E-state index < -0.39 is 243 Å². The zero-order chi connectivity index (χ0) is 89.9. The Morgan fingerprint density at radius 2 is 0.566 bits per heavy atom. The number of rotatable bonds is 20. The number of hydrogen-bond acceptors (Lipinski definition) is 20. The molecule has 0 aromatic heterocycles. The van der Waals surface area contributed by atoms with Gasteiger partial charge in [0.2, 0.25) is 40.1 Å². The maximum absolute atomic E-state index is 14.3. The van der Waals surface area contributed by atoms with E-state index in [1.165, 1.54) is 12.1 Å². The summed E-state index contributed by atoms with van der Waals surface area (Å²) in [7, 11) is -17.9. The predicted octanol–water partition coefficient (Wildman–Crippen LogP) is 8.43. The van der Waals surface area contributed by atoms with Crippen molar-refractivity contribution in [3.8, 4) is 0 Å². The van der Waals surface area contributed by atoms with Crippen molar-refractivity contribution in [2.24, 2.45) is 0 Å². The molecule has 0 saturated heterocycles. The second-order valence-corrected chi connectivity index (χ2v) is 35.2. The summed E-state index contributed by atoms with van der Waals surface area (Å²) in [5.41, 5.74) is -1.90. The standard InChI is InChI=1S/C19H19ClF2N2O5S.2C19H18F4N2O5S.C19H19F3N2O5S/c20-12-9-11(5-7-13(12)21)23-19(27)10-4-6-14(22)17(8-10)30(28,29)24-15-2-1-3-16(25)18(15)26;20-12-3-1-9(19(28)24-11-6-13(21)18(23)14(22)7-11)5-17(12)31(29,30)25-10-2-4-15(26)16(27)8-10;20-11-5-4-9(19(28)24-10-7-12(21)17(23)13(22)8-10)6-16(11)31(29,30)25-14-2-1-3-15(26)18(14)27;20-12-7-5-11(9-14(12)22)23-19(27)10-4-6-13(21)17(8-10)30(28,29)24-15-2-1-3-16(25)18(15)26/h4-9,15-16,18,24-26H,1-3H2,(H,23,27);1,3,5-7,10,15-16,25-27H,2,4,8H2,(H,24,28);4-8,14-15,18,25-27H,1-3H2,(H,24,28);4-9,15-16,18,24-26H,1-3H2,(H,23,27). The van der Waals surface area contributed by atoms with E-state index >= 15 is 0 Å². The summed E-state index contributed by atoms with van der Waals surface area (Å²) < 4.78 is 285. The van der Waals surface area contributed by atoms with Gasteiger partial charge in [0.25, 0.3) is 23.6 Å². The maximum atomic E-state index is 14.3. The molecule has 12 unspecified atom stereocenters. The van der Waals surface area contributed by atoms with Crippen LogP contribution in [0.1, 0.15) is 118 Å². The molecule has 0 radical (unpaired) electrons. The van der Waals surface area contributed by atoms with Crippen LogP contribution in [-0.4, -0.2) is 171 Å². The van der Waals surface area contributed by atoms with Crippen molar-refractivity contribution in [1.82, 2.24) is 18.9 Å². The molecule has 28 nitrogen and oxygen atoms in total. The fourth-order valence-corrected chi connectivity index (χ4v) is 18.5. The highest BCUT2D eigenvalue weighted by Crippen LogP contribution is 2.32. The number of sulfonamides is 4. The van der Waals surface area contributed by atoms with E-state index in [4.69, 9.17) is 11.6 Å². The van der Waals surface area contributed by atoms with Gasteiger partial charge in [-0.25, -0.2) is 110 Å². The Labute approximate surface area is 691 Å². The van der Waals surface area contributed by atoms with Gasteiger partial charge in [-0.15, -0.1) is 0 Å². The molecule has 8 aromatic carbocycles. The highest BCUT2D eigenvalue weighted by Gasteiger charge is 2.39. The molecule has 0 heterocycles. The third-order valence-corrected chi connectivity index (χ3v) is 25.6. The number of nitrogens with one attached hydrogen (secondary N) is 8. The van der Waals surface area contributed by atoms with E-state index in [1.54, 1.807) is 0 Å². The number of anilines is 4. The minimum absolute atomic E-state index is 0.0786. The first kappa shape index (κ1) is 96.2. The summed E-state index contributed by atoms with van der Waals surface area (Å²) in [6, 6.07) is 14.6. The second-order valence-electron chi connectivity index (χ2n) is 28.1. The highest BCUT2D eigenvalue weighted by molar-refractivity contribution is 7.90. The number of amides is 4. The Morgan fingerprint density at radius 1 is 0.287 bits per heavy atom. The van der Waals surface area contributed by atoms with E-state index in [2.05, 4.69) is 40.2 Å². The number of aliphatic hydroxyl groups is 8. The van der Waals surface area contributed by atoms with Gasteiger partial charge in [0.15, 0.2) is 46.5 Å². The predicted molar refractivity (Wildman–Crippen MR) is 408 cm³/mol. The minimum Gasteiger partial charge on any atom is -0.390 e. The van der Waals surface area contributed by atoms with Crippen LogP contribution in [0.4, 0.5) is 79.8 Å². The number of halogens is 14. The molecule has 46 heteroatoms. The Hall–Kier alpha value is -9.66. The Bertz CT molecular complexity index is 5520. The summed E-state index contributed by atoms with van der Waals surface area (Å²) in [6.07, 6.45) is -6.22. The van der Waals surface area contributed by atoms with Crippen LogP contribution in [0.15, 0.2) is 153 Å². The van der Waals surface area contributed by atoms with Crippen LogP contribution in [0.3, 0.4) is 0 Å². The molecule has 4 amide bonds. The molecule has 12 rings (SSSR count). The summed E-state index contributed by atoms with van der Waals surface area (Å²) in [6.45, 7) is 0. The lowest BCUT2D eigenvalue weighted by molar-refractivity contribution is -0.0242. The van der Waals surface area contributed by atoms with Gasteiger partial charge in [-0.05, 0) is 180 Å². The van der Waals surface area contributed by atoms with Crippen molar-refractivity contribution < 1.29 is 151 Å². The lowest BCUT2D eigenvalue weighted by atomic mass is 9.91. The maximum Gasteiger partial charge on any atom is 0.255 e. The Kier molecular flexibility index (Phi) is 32.1. The summed E-state index contributed by atoms with van der Waals surface area (Å²) in [5.74, 6) is -20.8. The Balaban J connectivity index is 0.000000185. The fraction of sp³-hybridized carbons (Fsp3) is 0.316. The molecule has 4 fully saturated rings. The van der Waals surface area contributed by atoms with Crippen LogP contribution in [0.5, 0.6) is 0 Å². The topological polar surface area (TPSA) is 463 Å². The minimum atomic E-state index is -4.54. The molecule has 16 N–H and O–H groups in total. The number of carbonyl (C=O) groups excluding carboxylic acids is 4. The molecule has 8 aromatic rings. The molecule has 0 aliphatic heterocycles. The average Bonchev–Trinajstić information content (AvgIpc) is 0.799. The van der Waals surface area contributed by atoms with E-state index in [0.717, 1.165) is 84.9 Å². The van der Waals surface area contributed by atoms with Crippen molar-refractivity contribution in [3.05, 3.63) is 236 Å². The number of hydrogen-bond donors (Lipinski definition) is 16. The third kappa shape index (κ3) is 24.6. The summed E-state index contributed by atoms with van der Waals surface area (Å²) in [5, 5.41) is 86.9. The molecule has 660 valence electrons. The normalized spacial score (nSPS) is 21.8. The van der Waals surface area contributed by atoms with Gasteiger partial charge >= 0.3 is 0 Å². The first-order valence-electron chi connectivity index (χ1n) is 36.3. The number of benzene rings is 8. The SMILES string of the molecule is O=C(Nc1cc(F)c(F)c(F)c1)c1ccc(F)c(S(=O)(=O)NC2CCC(O)C(O)C2)c1.O=C(Nc1cc(F)c(F)c(F)c1)c1ccc(F)c(S(=O)(=O)NC2CCCC(O)C2O)c1.O=C(Nc1ccc(F)c(Cl)c1)c1ccc(F)c(S(=O)(=O)NC2CCCC(O)C2O)c1.O=C(Nc1ccc(F)c(F)c1)c1ccc(F)c(S(=O)(=O)NC2CCCC(O)C2O)c1. The summed E-state index contributed by atoms with van der Waals surface area (Å²) >= 11 is 5.66. The smallest absolute Gasteiger partial charge is 0.255 e. The van der Waals surface area contributed by atoms with Crippen LogP contribution in [0, 0.1) is 75.6 Å². The van der Waals surface area contributed by atoms with Gasteiger partial charge in [-0.2, -0.15) is 0 Å². The van der Waals surface area contributed by atoms with Crippen molar-refractivity contribution in [2.45, 2.75) is 170 Å². The molecule has 4 aliphatic carbocycles. The monoisotopic (exact) mass is 1830 g/mol. The average molecular weight is 1830 g/mol. The molecular formula is C76H74ClF13N8O20S4. The molecule has 0 spiro atoms. The zero-order valence-electron chi connectivity index (χ0n) is 62.5. The van der Waals surface area contributed by atoms with Gasteiger partial charge in [0.05, 0.1) is 72.0 Å². The van der Waals surface area contributed by atoms with Crippen molar-refractivity contribution in [2.75, 3.05) is 21.3 Å². The van der Waals surface area contributed by atoms with Crippen molar-refractivity contribution >= 4 is 98.1 Å². The van der Waals surface area contributed by atoms with E-state index in [0.29, 0.717) is 68.5 Å². The lowest BCUT2D eigenvalue weighted by Gasteiger charge is -2.32. The lowest BCUT2D eigenvalue weighted by Crippen LogP contribution is -2.51. The second kappa shape index (κ2) is 40.8. The number of aliphatic hydroxyl groups excluding tert-OH is 8.